The second-order valence-corrected chi connectivity index (χ2v) is 6.68. The summed E-state index contributed by atoms with van der Waals surface area (Å²) >= 11 is 2.33. The maximum absolute atomic E-state index is 8.95. The van der Waals surface area contributed by atoms with Crippen molar-refractivity contribution in [2.45, 2.75) is 6.42 Å². The van der Waals surface area contributed by atoms with Crippen LogP contribution in [-0.2, 0) is 6.42 Å². The lowest BCUT2D eigenvalue weighted by Gasteiger charge is -2.06. The summed E-state index contributed by atoms with van der Waals surface area (Å²) in [5.41, 5.74) is 5.06. The molecule has 0 spiro atoms. The highest BCUT2D eigenvalue weighted by Crippen LogP contribution is 2.34. The van der Waals surface area contributed by atoms with Crippen LogP contribution in [0.5, 0.6) is 0 Å². The second-order valence-electron chi connectivity index (χ2n) is 5.43. The van der Waals surface area contributed by atoms with E-state index in [2.05, 4.69) is 58.2 Å². The Morgan fingerprint density at radius 2 is 2.00 bits per heavy atom. The van der Waals surface area contributed by atoms with Crippen molar-refractivity contribution in [3.63, 3.8) is 0 Å². The van der Waals surface area contributed by atoms with E-state index in [9.17, 15) is 0 Å². The number of rotatable bonds is 2. The molecule has 112 valence electrons. The average molecular weight is 412 g/mol. The third kappa shape index (κ3) is 2.49. The van der Waals surface area contributed by atoms with Crippen LogP contribution in [-0.4, -0.2) is 16.3 Å². The molecule has 23 heavy (non-hydrogen) atoms. The van der Waals surface area contributed by atoms with E-state index in [1.54, 1.807) is 0 Å². The lowest BCUT2D eigenvalue weighted by Crippen LogP contribution is -2.04. The van der Waals surface area contributed by atoms with Gasteiger partial charge in [-0.15, -0.1) is 0 Å². The molecule has 2 aromatic carbocycles. The summed E-state index contributed by atoms with van der Waals surface area (Å²) in [6.45, 7) is 0.931. The zero-order valence-electron chi connectivity index (χ0n) is 12.3. The van der Waals surface area contributed by atoms with Gasteiger partial charge in [0.1, 0.15) is 5.82 Å². The van der Waals surface area contributed by atoms with Crippen LogP contribution in [0.2, 0.25) is 0 Å². The van der Waals surface area contributed by atoms with E-state index in [0.29, 0.717) is 5.56 Å². The van der Waals surface area contributed by atoms with Crippen LogP contribution < -0.4 is 5.32 Å². The molecule has 0 fully saturated rings. The van der Waals surface area contributed by atoms with E-state index in [0.717, 1.165) is 35.7 Å². The molecule has 0 saturated heterocycles. The number of hydrogen-bond donors (Lipinski definition) is 1. The molecule has 4 nitrogen and oxygen atoms in total. The molecule has 0 unspecified atom stereocenters. The highest BCUT2D eigenvalue weighted by atomic mass is 127. The number of hydrogen-bond acceptors (Lipinski definition) is 3. The van der Waals surface area contributed by atoms with Gasteiger partial charge in [0.2, 0.25) is 0 Å². The quantitative estimate of drug-likeness (QED) is 0.648. The van der Waals surface area contributed by atoms with Gasteiger partial charge in [-0.25, -0.2) is 4.68 Å². The van der Waals surface area contributed by atoms with Gasteiger partial charge >= 0.3 is 0 Å². The molecular weight excluding hydrogens is 399 g/mol. The summed E-state index contributed by atoms with van der Waals surface area (Å²) < 4.78 is 3.14. The van der Waals surface area contributed by atoms with Gasteiger partial charge in [-0.3, -0.25) is 0 Å². The Hall–Kier alpha value is -2.33. The Morgan fingerprint density at radius 1 is 1.17 bits per heavy atom. The van der Waals surface area contributed by atoms with Crippen molar-refractivity contribution in [3.8, 4) is 23.0 Å². The molecule has 1 aliphatic heterocycles. The van der Waals surface area contributed by atoms with Gasteiger partial charge in [0.25, 0.3) is 0 Å². The standard InChI is InChI=1S/C18H13IN4/c19-14-3-1-2-13(10-14)17-16-8-9-21-18(16)23(22-17)15-6-4-12(11-20)5-7-15/h1-7,10,21H,8-9H2. The van der Waals surface area contributed by atoms with Crippen LogP contribution in [0.3, 0.4) is 0 Å². The molecule has 0 aliphatic carbocycles. The molecule has 1 aliphatic rings. The molecule has 0 atom stereocenters. The molecule has 1 N–H and O–H groups in total. The number of fused-ring (bicyclic) bond motifs is 1. The topological polar surface area (TPSA) is 53.6 Å². The van der Waals surface area contributed by atoms with E-state index in [1.807, 2.05) is 28.9 Å². The molecule has 0 amide bonds. The predicted octanol–water partition coefficient (Wildman–Crippen LogP) is 3.98. The Kier molecular flexibility index (Phi) is 3.54. The van der Waals surface area contributed by atoms with Crippen LogP contribution in [0.15, 0.2) is 48.5 Å². The average Bonchev–Trinajstić information content (AvgIpc) is 3.17. The molecule has 0 saturated carbocycles. The van der Waals surface area contributed by atoms with Gasteiger partial charge in [0.05, 0.1) is 23.0 Å². The first-order chi connectivity index (χ1) is 11.3. The van der Waals surface area contributed by atoms with E-state index < -0.39 is 0 Å². The minimum Gasteiger partial charge on any atom is -0.369 e. The third-order valence-corrected chi connectivity index (χ3v) is 4.66. The molecular formula is C18H13IN4. The number of halogens is 1. The fourth-order valence-electron chi connectivity index (χ4n) is 2.91. The zero-order valence-corrected chi connectivity index (χ0v) is 14.4. The minimum absolute atomic E-state index is 0.656. The number of nitrogens with one attached hydrogen (secondary N) is 1. The second kappa shape index (κ2) is 5.70. The zero-order chi connectivity index (χ0) is 15.8. The van der Waals surface area contributed by atoms with Crippen molar-refractivity contribution in [3.05, 3.63) is 63.2 Å². The molecule has 0 radical (unpaired) electrons. The summed E-state index contributed by atoms with van der Waals surface area (Å²) in [7, 11) is 0. The maximum atomic E-state index is 8.95. The number of benzene rings is 2. The summed E-state index contributed by atoms with van der Waals surface area (Å²) in [5, 5.41) is 17.2. The number of nitriles is 1. The summed E-state index contributed by atoms with van der Waals surface area (Å²) in [4.78, 5) is 0. The number of nitrogens with zero attached hydrogens (tertiary/aromatic N) is 3. The maximum Gasteiger partial charge on any atom is 0.133 e. The minimum atomic E-state index is 0.656. The molecule has 4 rings (SSSR count). The fraction of sp³-hybridized carbons (Fsp3) is 0.111. The number of aromatic nitrogens is 2. The highest BCUT2D eigenvalue weighted by molar-refractivity contribution is 14.1. The lowest BCUT2D eigenvalue weighted by atomic mass is 10.1. The van der Waals surface area contributed by atoms with Crippen molar-refractivity contribution < 1.29 is 0 Å². The van der Waals surface area contributed by atoms with Crippen molar-refractivity contribution in [1.29, 1.82) is 5.26 Å². The Morgan fingerprint density at radius 3 is 2.74 bits per heavy atom. The molecule has 1 aromatic heterocycles. The molecule has 3 aromatic rings. The van der Waals surface area contributed by atoms with Gasteiger partial charge in [-0.1, -0.05) is 12.1 Å². The summed E-state index contributed by atoms with van der Waals surface area (Å²) in [5.74, 6) is 1.06. The van der Waals surface area contributed by atoms with Crippen molar-refractivity contribution >= 4 is 28.4 Å². The fourth-order valence-corrected chi connectivity index (χ4v) is 3.45. The number of anilines is 1. The normalized spacial score (nSPS) is 12.5. The van der Waals surface area contributed by atoms with E-state index in [4.69, 9.17) is 10.4 Å². The van der Waals surface area contributed by atoms with Crippen LogP contribution in [0.4, 0.5) is 5.82 Å². The smallest absolute Gasteiger partial charge is 0.133 e. The van der Waals surface area contributed by atoms with Gasteiger partial charge in [0.15, 0.2) is 0 Å². The lowest BCUT2D eigenvalue weighted by molar-refractivity contribution is 0.882. The summed E-state index contributed by atoms with van der Waals surface area (Å²) in [6.07, 6.45) is 0.979. The van der Waals surface area contributed by atoms with Crippen LogP contribution in [0, 0.1) is 14.9 Å². The van der Waals surface area contributed by atoms with Crippen molar-refractivity contribution in [1.82, 2.24) is 9.78 Å². The van der Waals surface area contributed by atoms with Crippen molar-refractivity contribution in [2.75, 3.05) is 11.9 Å². The third-order valence-electron chi connectivity index (χ3n) is 3.99. The highest BCUT2D eigenvalue weighted by Gasteiger charge is 2.23. The molecule has 2 heterocycles. The predicted molar refractivity (Wildman–Crippen MR) is 98.6 cm³/mol. The Balaban J connectivity index is 1.86. The van der Waals surface area contributed by atoms with E-state index in [1.165, 1.54) is 9.13 Å². The Labute approximate surface area is 147 Å². The van der Waals surface area contributed by atoms with Crippen LogP contribution in [0.1, 0.15) is 11.1 Å². The van der Waals surface area contributed by atoms with Gasteiger partial charge < -0.3 is 5.32 Å². The van der Waals surface area contributed by atoms with E-state index >= 15 is 0 Å². The first-order valence-electron chi connectivity index (χ1n) is 7.38. The monoisotopic (exact) mass is 412 g/mol. The van der Waals surface area contributed by atoms with Crippen molar-refractivity contribution in [2.24, 2.45) is 0 Å². The first kappa shape index (κ1) is 14.3. The van der Waals surface area contributed by atoms with Crippen LogP contribution >= 0.6 is 22.6 Å². The van der Waals surface area contributed by atoms with Gasteiger partial charge in [-0.05, 0) is 65.4 Å². The van der Waals surface area contributed by atoms with Gasteiger partial charge in [-0.2, -0.15) is 10.4 Å². The first-order valence-corrected chi connectivity index (χ1v) is 8.46. The largest absolute Gasteiger partial charge is 0.369 e. The molecule has 0 bridgehead atoms. The van der Waals surface area contributed by atoms with Crippen LogP contribution in [0.25, 0.3) is 16.9 Å². The van der Waals surface area contributed by atoms with Gasteiger partial charge in [0, 0.05) is 21.2 Å². The SMILES string of the molecule is N#Cc1ccc(-n2nc(-c3cccc(I)c3)c3c2NCC3)cc1. The Bertz CT molecular complexity index is 919. The van der Waals surface area contributed by atoms with E-state index in [-0.39, 0.29) is 0 Å². The summed E-state index contributed by atoms with van der Waals surface area (Å²) in [6, 6.07) is 18.1. The molecule has 5 heteroatoms.